The van der Waals surface area contributed by atoms with E-state index in [0.717, 1.165) is 38.3 Å². The first kappa shape index (κ1) is 18.5. The molecule has 0 bridgehead atoms. The lowest BCUT2D eigenvalue weighted by atomic mass is 10.2. The first-order chi connectivity index (χ1) is 11.7. The average molecular weight is 338 g/mol. The van der Waals surface area contributed by atoms with Gasteiger partial charge in [0.05, 0.1) is 13.2 Å². The molecule has 1 saturated heterocycles. The van der Waals surface area contributed by atoms with Crippen LogP contribution in [0.1, 0.15) is 6.42 Å². The molecule has 0 radical (unpaired) electrons. The third-order valence-electron chi connectivity index (χ3n) is 3.95. The summed E-state index contributed by atoms with van der Waals surface area (Å²) in [5.74, 6) is 0.380. The standard InChI is InChI=1S/C17H27FN4O2/c1-23-13-14-24-12-2-7-20-17(19)22-10-8-21(9-11-22)16-5-3-15(18)4-6-16/h3-6H,2,7-14H2,1H3,(H2,19,20). The highest BCUT2D eigenvalue weighted by molar-refractivity contribution is 5.78. The molecule has 1 fully saturated rings. The van der Waals surface area contributed by atoms with E-state index in [1.165, 1.54) is 12.1 Å². The lowest BCUT2D eigenvalue weighted by molar-refractivity contribution is 0.0702. The van der Waals surface area contributed by atoms with Crippen LogP contribution in [0.5, 0.6) is 0 Å². The second-order valence-corrected chi connectivity index (χ2v) is 5.65. The van der Waals surface area contributed by atoms with Gasteiger partial charge in [0, 0.05) is 52.1 Å². The van der Waals surface area contributed by atoms with E-state index in [1.54, 1.807) is 7.11 Å². The number of guanidine groups is 1. The summed E-state index contributed by atoms with van der Waals surface area (Å²) in [6.45, 7) is 5.89. The lowest BCUT2D eigenvalue weighted by Gasteiger charge is -2.36. The molecule has 2 N–H and O–H groups in total. The number of rotatable bonds is 8. The highest BCUT2D eigenvalue weighted by atomic mass is 19.1. The van der Waals surface area contributed by atoms with Gasteiger partial charge in [-0.25, -0.2) is 4.39 Å². The van der Waals surface area contributed by atoms with Gasteiger partial charge < -0.3 is 25.0 Å². The van der Waals surface area contributed by atoms with Crippen molar-refractivity contribution in [3.8, 4) is 0 Å². The van der Waals surface area contributed by atoms with Crippen LogP contribution < -0.4 is 10.6 Å². The van der Waals surface area contributed by atoms with Crippen molar-refractivity contribution >= 4 is 11.6 Å². The highest BCUT2D eigenvalue weighted by Crippen LogP contribution is 2.16. The van der Waals surface area contributed by atoms with Crippen molar-refractivity contribution in [1.82, 2.24) is 4.90 Å². The van der Waals surface area contributed by atoms with Crippen LogP contribution in [-0.2, 0) is 9.47 Å². The maximum absolute atomic E-state index is 13.0. The van der Waals surface area contributed by atoms with Crippen molar-refractivity contribution in [3.05, 3.63) is 30.1 Å². The zero-order valence-corrected chi connectivity index (χ0v) is 14.3. The van der Waals surface area contributed by atoms with Gasteiger partial charge in [-0.2, -0.15) is 0 Å². The molecule has 0 unspecified atom stereocenters. The Morgan fingerprint density at radius 1 is 1.12 bits per heavy atom. The molecule has 1 aliphatic rings. The molecule has 1 aromatic rings. The zero-order valence-electron chi connectivity index (χ0n) is 14.3. The van der Waals surface area contributed by atoms with Crippen molar-refractivity contribution < 1.29 is 13.9 Å². The summed E-state index contributed by atoms with van der Waals surface area (Å²) < 4.78 is 23.3. The van der Waals surface area contributed by atoms with Crippen molar-refractivity contribution in [2.24, 2.45) is 10.7 Å². The summed E-state index contributed by atoms with van der Waals surface area (Å²) in [6.07, 6.45) is 0.847. The molecular formula is C17H27FN4O2. The minimum absolute atomic E-state index is 0.208. The molecule has 0 amide bonds. The molecule has 134 valence electrons. The smallest absolute Gasteiger partial charge is 0.191 e. The predicted molar refractivity (Wildman–Crippen MR) is 94.0 cm³/mol. The fourth-order valence-corrected chi connectivity index (χ4v) is 2.55. The first-order valence-corrected chi connectivity index (χ1v) is 8.33. The summed E-state index contributed by atoms with van der Waals surface area (Å²) in [4.78, 5) is 8.73. The second-order valence-electron chi connectivity index (χ2n) is 5.65. The molecule has 1 aliphatic heterocycles. The number of methoxy groups -OCH3 is 1. The van der Waals surface area contributed by atoms with Crippen LogP contribution in [0.3, 0.4) is 0 Å². The third-order valence-corrected chi connectivity index (χ3v) is 3.95. The molecule has 7 heteroatoms. The van der Waals surface area contributed by atoms with Crippen LogP contribution in [0.25, 0.3) is 0 Å². The molecule has 1 aromatic carbocycles. The number of hydrogen-bond donors (Lipinski definition) is 1. The summed E-state index contributed by atoms with van der Waals surface area (Å²) in [7, 11) is 1.66. The van der Waals surface area contributed by atoms with Crippen LogP contribution in [0.2, 0.25) is 0 Å². The van der Waals surface area contributed by atoms with Gasteiger partial charge in [0.2, 0.25) is 0 Å². The van der Waals surface area contributed by atoms with Crippen LogP contribution in [0.4, 0.5) is 10.1 Å². The number of nitrogens with zero attached hydrogens (tertiary/aromatic N) is 3. The van der Waals surface area contributed by atoms with Crippen LogP contribution in [0.15, 0.2) is 29.3 Å². The van der Waals surface area contributed by atoms with Gasteiger partial charge in [0.25, 0.3) is 0 Å². The Morgan fingerprint density at radius 2 is 1.83 bits per heavy atom. The monoisotopic (exact) mass is 338 g/mol. The maximum atomic E-state index is 13.0. The van der Waals surface area contributed by atoms with E-state index in [0.29, 0.717) is 32.3 Å². The summed E-state index contributed by atoms with van der Waals surface area (Å²) in [5, 5.41) is 0. The fraction of sp³-hybridized carbons (Fsp3) is 0.588. The normalized spacial score (nSPS) is 15.8. The van der Waals surface area contributed by atoms with Crippen molar-refractivity contribution in [2.75, 3.05) is 64.6 Å². The van der Waals surface area contributed by atoms with Crippen LogP contribution in [-0.4, -0.2) is 70.5 Å². The Labute approximate surface area is 143 Å². The molecule has 24 heavy (non-hydrogen) atoms. The maximum Gasteiger partial charge on any atom is 0.191 e. The Morgan fingerprint density at radius 3 is 2.50 bits per heavy atom. The number of nitrogens with two attached hydrogens (primary N) is 1. The lowest BCUT2D eigenvalue weighted by Crippen LogP contribution is -2.51. The second kappa shape index (κ2) is 10.1. The Kier molecular flexibility index (Phi) is 7.77. The number of benzene rings is 1. The van der Waals surface area contributed by atoms with Gasteiger partial charge in [-0.3, -0.25) is 4.99 Å². The van der Waals surface area contributed by atoms with Crippen molar-refractivity contribution in [1.29, 1.82) is 0 Å². The molecule has 2 rings (SSSR count). The summed E-state index contributed by atoms with van der Waals surface area (Å²) >= 11 is 0. The van der Waals surface area contributed by atoms with Gasteiger partial charge >= 0.3 is 0 Å². The molecule has 0 spiro atoms. The minimum atomic E-state index is -0.208. The fourth-order valence-electron chi connectivity index (χ4n) is 2.55. The van der Waals surface area contributed by atoms with Gasteiger partial charge in [0.1, 0.15) is 5.82 Å². The minimum Gasteiger partial charge on any atom is -0.382 e. The Balaban J connectivity index is 1.67. The quantitative estimate of drug-likeness (QED) is 0.440. The first-order valence-electron chi connectivity index (χ1n) is 8.33. The predicted octanol–water partition coefficient (Wildman–Crippen LogP) is 1.32. The highest BCUT2D eigenvalue weighted by Gasteiger charge is 2.18. The van der Waals surface area contributed by atoms with Crippen molar-refractivity contribution in [2.45, 2.75) is 6.42 Å². The van der Waals surface area contributed by atoms with E-state index in [2.05, 4.69) is 14.8 Å². The largest absolute Gasteiger partial charge is 0.382 e. The van der Waals surface area contributed by atoms with Crippen molar-refractivity contribution in [3.63, 3.8) is 0 Å². The molecule has 6 nitrogen and oxygen atoms in total. The number of anilines is 1. The number of hydrogen-bond acceptors (Lipinski definition) is 4. The summed E-state index contributed by atoms with van der Waals surface area (Å²) in [5.41, 5.74) is 7.10. The summed E-state index contributed by atoms with van der Waals surface area (Å²) in [6, 6.07) is 6.61. The Hall–Kier alpha value is -1.86. The molecular weight excluding hydrogens is 311 g/mol. The van der Waals surface area contributed by atoms with Gasteiger partial charge in [-0.05, 0) is 30.7 Å². The van der Waals surface area contributed by atoms with Gasteiger partial charge in [-0.15, -0.1) is 0 Å². The third kappa shape index (κ3) is 5.98. The number of piperazine rings is 1. The molecule has 0 atom stereocenters. The number of ether oxygens (including phenoxy) is 2. The van der Waals surface area contributed by atoms with Gasteiger partial charge in [0.15, 0.2) is 5.96 Å². The van der Waals surface area contributed by atoms with E-state index in [9.17, 15) is 4.39 Å². The van der Waals surface area contributed by atoms with E-state index in [-0.39, 0.29) is 5.82 Å². The van der Waals surface area contributed by atoms with Crippen LogP contribution >= 0.6 is 0 Å². The van der Waals surface area contributed by atoms with Gasteiger partial charge in [-0.1, -0.05) is 0 Å². The zero-order chi connectivity index (χ0) is 17.2. The van der Waals surface area contributed by atoms with E-state index in [4.69, 9.17) is 15.2 Å². The van der Waals surface area contributed by atoms with E-state index >= 15 is 0 Å². The molecule has 1 heterocycles. The molecule has 0 aromatic heterocycles. The average Bonchev–Trinajstić information content (AvgIpc) is 2.61. The molecule has 0 saturated carbocycles. The number of halogens is 1. The van der Waals surface area contributed by atoms with E-state index in [1.807, 2.05) is 12.1 Å². The molecule has 0 aliphatic carbocycles. The topological polar surface area (TPSA) is 63.3 Å². The van der Waals surface area contributed by atoms with Crippen LogP contribution in [0, 0.1) is 5.82 Å². The van der Waals surface area contributed by atoms with E-state index < -0.39 is 0 Å². The Bertz CT molecular complexity index is 502. The SMILES string of the molecule is COCCOCCCN=C(N)N1CCN(c2ccc(F)cc2)CC1. The number of aliphatic imine (C=N–C) groups is 1.